The monoisotopic (exact) mass is 407 g/mol. The smallest absolute Gasteiger partial charge is 0.318 e. The second-order valence-electron chi connectivity index (χ2n) is 6.00. The largest absolute Gasteiger partial charge is 0.490 e. The average Bonchev–Trinajstić information content (AvgIpc) is 2.74. The lowest BCUT2D eigenvalue weighted by atomic mass is 10.2. The Morgan fingerprint density at radius 2 is 1.63 bits per heavy atom. The summed E-state index contributed by atoms with van der Waals surface area (Å²) >= 11 is 0. The molecular weight excluding hydrogens is 390 g/mol. The first-order valence-electron chi connectivity index (χ1n) is 8.94. The van der Waals surface area contributed by atoms with E-state index in [4.69, 9.17) is 9.47 Å². The Kier molecular flexibility index (Phi) is 6.33. The summed E-state index contributed by atoms with van der Waals surface area (Å²) in [6.07, 6.45) is 1.66. The molecule has 0 atom stereocenters. The summed E-state index contributed by atoms with van der Waals surface area (Å²) in [6.45, 7) is 2.14. The van der Waals surface area contributed by atoms with Gasteiger partial charge in [-0.1, -0.05) is 18.2 Å². The van der Waals surface area contributed by atoms with Gasteiger partial charge in [0.25, 0.3) is 5.69 Å². The minimum Gasteiger partial charge on any atom is -0.490 e. The SMILES string of the molecule is CCOc1cc(C=Nc2ccccc2)ccc1Oc1ccc([N+](=O)[O-])cc1[N+](=O)[O-]. The number of nitro benzene ring substituents is 2. The Bertz CT molecular complexity index is 1100. The van der Waals surface area contributed by atoms with Gasteiger partial charge in [-0.2, -0.15) is 0 Å². The Balaban J connectivity index is 1.91. The maximum absolute atomic E-state index is 11.3. The van der Waals surface area contributed by atoms with Gasteiger partial charge in [0.1, 0.15) is 0 Å². The topological polar surface area (TPSA) is 117 Å². The maximum atomic E-state index is 11.3. The van der Waals surface area contributed by atoms with Crippen molar-refractivity contribution in [2.24, 2.45) is 4.99 Å². The predicted molar refractivity (Wildman–Crippen MR) is 111 cm³/mol. The molecule has 152 valence electrons. The van der Waals surface area contributed by atoms with E-state index in [1.165, 1.54) is 6.07 Å². The normalized spacial score (nSPS) is 10.7. The van der Waals surface area contributed by atoms with Crippen molar-refractivity contribution >= 4 is 23.3 Å². The molecule has 0 aliphatic rings. The van der Waals surface area contributed by atoms with Crippen molar-refractivity contribution in [3.63, 3.8) is 0 Å². The highest BCUT2D eigenvalue weighted by molar-refractivity contribution is 5.83. The van der Waals surface area contributed by atoms with E-state index in [0.717, 1.165) is 23.4 Å². The molecule has 0 aliphatic heterocycles. The highest BCUT2D eigenvalue weighted by atomic mass is 16.6. The number of benzene rings is 3. The van der Waals surface area contributed by atoms with Gasteiger partial charge >= 0.3 is 5.69 Å². The number of nitro groups is 2. The quantitative estimate of drug-likeness (QED) is 0.279. The summed E-state index contributed by atoms with van der Waals surface area (Å²) in [5.74, 6) is 0.477. The van der Waals surface area contributed by atoms with E-state index in [0.29, 0.717) is 12.4 Å². The van der Waals surface area contributed by atoms with Crippen LogP contribution in [0.25, 0.3) is 0 Å². The summed E-state index contributed by atoms with van der Waals surface area (Å²) in [7, 11) is 0. The number of hydrogen-bond acceptors (Lipinski definition) is 7. The number of nitrogens with zero attached hydrogens (tertiary/aromatic N) is 3. The fourth-order valence-electron chi connectivity index (χ4n) is 2.59. The molecule has 30 heavy (non-hydrogen) atoms. The molecule has 9 nitrogen and oxygen atoms in total. The van der Waals surface area contributed by atoms with Crippen LogP contribution in [0.4, 0.5) is 17.1 Å². The fraction of sp³-hybridized carbons (Fsp3) is 0.0952. The summed E-state index contributed by atoms with van der Waals surface area (Å²) in [4.78, 5) is 25.2. The van der Waals surface area contributed by atoms with E-state index < -0.39 is 21.2 Å². The number of aliphatic imine (C=N–C) groups is 1. The highest BCUT2D eigenvalue weighted by Gasteiger charge is 2.22. The van der Waals surface area contributed by atoms with Crippen LogP contribution in [-0.4, -0.2) is 22.7 Å². The Morgan fingerprint density at radius 3 is 2.30 bits per heavy atom. The van der Waals surface area contributed by atoms with Crippen molar-refractivity contribution in [3.05, 3.63) is 92.5 Å². The molecule has 0 bridgehead atoms. The molecule has 0 saturated carbocycles. The molecular formula is C21H17N3O6. The first-order valence-corrected chi connectivity index (χ1v) is 8.94. The van der Waals surface area contributed by atoms with Gasteiger partial charge < -0.3 is 9.47 Å². The van der Waals surface area contributed by atoms with Crippen molar-refractivity contribution in [2.75, 3.05) is 6.61 Å². The van der Waals surface area contributed by atoms with Crippen molar-refractivity contribution < 1.29 is 19.3 Å². The van der Waals surface area contributed by atoms with Gasteiger partial charge in [0, 0.05) is 12.3 Å². The molecule has 0 unspecified atom stereocenters. The lowest BCUT2D eigenvalue weighted by molar-refractivity contribution is -0.394. The zero-order valence-corrected chi connectivity index (χ0v) is 15.9. The third kappa shape index (κ3) is 4.96. The second kappa shape index (κ2) is 9.28. The molecule has 0 aliphatic carbocycles. The molecule has 9 heteroatoms. The van der Waals surface area contributed by atoms with Crippen LogP contribution in [0.5, 0.6) is 17.2 Å². The number of rotatable bonds is 8. The van der Waals surface area contributed by atoms with Gasteiger partial charge in [0.05, 0.1) is 28.2 Å². The predicted octanol–water partition coefficient (Wildman–Crippen LogP) is 5.44. The molecule has 0 aromatic heterocycles. The van der Waals surface area contributed by atoms with E-state index >= 15 is 0 Å². The summed E-state index contributed by atoms with van der Waals surface area (Å²) < 4.78 is 11.3. The molecule has 0 saturated heterocycles. The van der Waals surface area contributed by atoms with Crippen LogP contribution in [0.3, 0.4) is 0 Å². The van der Waals surface area contributed by atoms with Crippen molar-refractivity contribution in [3.8, 4) is 17.2 Å². The van der Waals surface area contributed by atoms with E-state index in [1.807, 2.05) is 30.3 Å². The van der Waals surface area contributed by atoms with Crippen molar-refractivity contribution in [2.45, 2.75) is 6.92 Å². The van der Waals surface area contributed by atoms with Crippen LogP contribution in [-0.2, 0) is 0 Å². The molecule has 0 heterocycles. The third-order valence-electron chi connectivity index (χ3n) is 3.96. The van der Waals surface area contributed by atoms with Gasteiger partial charge in [-0.25, -0.2) is 0 Å². The first kappa shape index (κ1) is 20.5. The highest BCUT2D eigenvalue weighted by Crippen LogP contribution is 2.38. The zero-order valence-electron chi connectivity index (χ0n) is 15.9. The molecule has 3 rings (SSSR count). The third-order valence-corrected chi connectivity index (χ3v) is 3.96. The zero-order chi connectivity index (χ0) is 21.5. The molecule has 3 aromatic rings. The molecule has 0 fully saturated rings. The first-order chi connectivity index (χ1) is 14.5. The van der Waals surface area contributed by atoms with Gasteiger partial charge in [-0.3, -0.25) is 25.2 Å². The lowest BCUT2D eigenvalue weighted by Gasteiger charge is -2.12. The molecule has 3 aromatic carbocycles. The standard InChI is InChI=1S/C21H17N3O6/c1-2-29-21-12-15(14-22-16-6-4-3-5-7-16)8-10-20(21)30-19-11-9-17(23(25)26)13-18(19)24(27)28/h3-14H,2H2,1H3. The fourth-order valence-corrected chi connectivity index (χ4v) is 2.59. The number of hydrogen-bond donors (Lipinski definition) is 0. The van der Waals surface area contributed by atoms with E-state index in [1.54, 1.807) is 31.3 Å². The number of para-hydroxylation sites is 1. The second-order valence-corrected chi connectivity index (χ2v) is 6.00. The van der Waals surface area contributed by atoms with Crippen LogP contribution in [0.1, 0.15) is 12.5 Å². The minimum absolute atomic E-state index is 0.128. The van der Waals surface area contributed by atoms with E-state index in [-0.39, 0.29) is 11.5 Å². The molecule has 0 spiro atoms. The molecule has 0 amide bonds. The van der Waals surface area contributed by atoms with Crippen LogP contribution in [0.2, 0.25) is 0 Å². The molecule has 0 radical (unpaired) electrons. The number of ether oxygens (including phenoxy) is 2. The van der Waals surface area contributed by atoms with Crippen molar-refractivity contribution in [1.82, 2.24) is 0 Å². The van der Waals surface area contributed by atoms with Gasteiger partial charge in [-0.15, -0.1) is 0 Å². The average molecular weight is 407 g/mol. The van der Waals surface area contributed by atoms with Crippen LogP contribution < -0.4 is 9.47 Å². The lowest BCUT2D eigenvalue weighted by Crippen LogP contribution is -1.99. The van der Waals surface area contributed by atoms with Gasteiger partial charge in [0.2, 0.25) is 5.75 Å². The van der Waals surface area contributed by atoms with E-state index in [9.17, 15) is 20.2 Å². The van der Waals surface area contributed by atoms with Crippen molar-refractivity contribution in [1.29, 1.82) is 0 Å². The van der Waals surface area contributed by atoms with Crippen LogP contribution in [0.15, 0.2) is 71.7 Å². The minimum atomic E-state index is -0.733. The van der Waals surface area contributed by atoms with Gasteiger partial charge in [-0.05, 0) is 48.9 Å². The Hall–Kier alpha value is -4.27. The van der Waals surface area contributed by atoms with Crippen LogP contribution in [0, 0.1) is 20.2 Å². The Morgan fingerprint density at radius 1 is 0.900 bits per heavy atom. The maximum Gasteiger partial charge on any atom is 0.318 e. The number of non-ortho nitro benzene ring substituents is 1. The van der Waals surface area contributed by atoms with Gasteiger partial charge in [0.15, 0.2) is 11.5 Å². The van der Waals surface area contributed by atoms with E-state index in [2.05, 4.69) is 4.99 Å². The summed E-state index contributed by atoms with van der Waals surface area (Å²) in [5.41, 5.74) is 0.623. The summed E-state index contributed by atoms with van der Waals surface area (Å²) in [6, 6.07) is 17.6. The molecule has 0 N–H and O–H groups in total. The Labute approximate surface area is 171 Å². The van der Waals surface area contributed by atoms with Crippen LogP contribution >= 0.6 is 0 Å². The summed E-state index contributed by atoms with van der Waals surface area (Å²) in [5, 5.41) is 22.2.